The highest BCUT2D eigenvalue weighted by atomic mass is 16.1. The summed E-state index contributed by atoms with van der Waals surface area (Å²) in [6.07, 6.45) is 6.02. The average molecular weight is 273 g/mol. The van der Waals surface area contributed by atoms with Crippen LogP contribution in [0.2, 0.25) is 0 Å². The zero-order valence-electron chi connectivity index (χ0n) is 12.5. The lowest BCUT2D eigenvalue weighted by molar-refractivity contribution is 0.424. The van der Waals surface area contributed by atoms with E-state index in [0.717, 1.165) is 13.1 Å². The van der Waals surface area contributed by atoms with Gasteiger partial charge in [-0.2, -0.15) is 0 Å². The average Bonchev–Trinajstić information content (AvgIpc) is 2.83. The highest BCUT2D eigenvalue weighted by Gasteiger charge is 2.08. The standard InChI is InChI=1S/C16H23N3O/c1-16(2,3)17-12-14-7-9-18(13-14)10-11-19-8-5-4-6-15(19)20/h4-9,13,17H,10-12H2,1-3H3. The Balaban J connectivity index is 1.90. The molecule has 108 valence electrons. The van der Waals surface area contributed by atoms with Crippen LogP contribution in [0.25, 0.3) is 0 Å². The molecule has 20 heavy (non-hydrogen) atoms. The molecule has 0 spiro atoms. The molecule has 1 N–H and O–H groups in total. The maximum atomic E-state index is 11.6. The van der Waals surface area contributed by atoms with E-state index in [0.29, 0.717) is 6.54 Å². The Bertz CT molecular complexity index is 604. The number of nitrogens with one attached hydrogen (secondary N) is 1. The van der Waals surface area contributed by atoms with Gasteiger partial charge in [0, 0.05) is 49.8 Å². The molecule has 4 nitrogen and oxygen atoms in total. The molecule has 4 heteroatoms. The van der Waals surface area contributed by atoms with Crippen LogP contribution in [0.15, 0.2) is 47.7 Å². The predicted molar refractivity (Wildman–Crippen MR) is 81.7 cm³/mol. The van der Waals surface area contributed by atoms with Crippen molar-refractivity contribution in [2.45, 2.75) is 45.9 Å². The third-order valence-corrected chi connectivity index (χ3v) is 3.13. The molecule has 0 atom stereocenters. The van der Waals surface area contributed by atoms with Crippen molar-refractivity contribution < 1.29 is 0 Å². The molecule has 0 saturated heterocycles. The Morgan fingerprint density at radius 2 is 1.90 bits per heavy atom. The Hall–Kier alpha value is -1.81. The number of rotatable bonds is 5. The number of aryl methyl sites for hydroxylation is 2. The van der Waals surface area contributed by atoms with E-state index in [1.165, 1.54) is 5.56 Å². The topological polar surface area (TPSA) is 39.0 Å². The fraction of sp³-hybridized carbons (Fsp3) is 0.438. The maximum Gasteiger partial charge on any atom is 0.250 e. The van der Waals surface area contributed by atoms with Gasteiger partial charge in [-0.1, -0.05) is 6.07 Å². The molecule has 2 rings (SSSR count). The summed E-state index contributed by atoms with van der Waals surface area (Å²) in [6, 6.07) is 7.36. The van der Waals surface area contributed by atoms with Gasteiger partial charge in [0.05, 0.1) is 0 Å². The largest absolute Gasteiger partial charge is 0.352 e. The van der Waals surface area contributed by atoms with Gasteiger partial charge in [0.2, 0.25) is 0 Å². The van der Waals surface area contributed by atoms with Crippen molar-refractivity contribution in [3.8, 4) is 0 Å². The predicted octanol–water partition coefficient (Wildman–Crippen LogP) is 2.24. The number of hydrogen-bond donors (Lipinski definition) is 1. The van der Waals surface area contributed by atoms with Crippen molar-refractivity contribution in [3.05, 3.63) is 58.8 Å². The zero-order chi connectivity index (χ0) is 14.6. The molecule has 0 aliphatic carbocycles. The van der Waals surface area contributed by atoms with Gasteiger partial charge < -0.3 is 14.5 Å². The summed E-state index contributed by atoms with van der Waals surface area (Å²) >= 11 is 0. The molecule has 0 radical (unpaired) electrons. The van der Waals surface area contributed by atoms with E-state index in [1.54, 1.807) is 16.7 Å². The van der Waals surface area contributed by atoms with Crippen molar-refractivity contribution in [1.29, 1.82) is 0 Å². The van der Waals surface area contributed by atoms with Gasteiger partial charge in [-0.25, -0.2) is 0 Å². The Labute approximate surface area is 120 Å². The molecule has 0 bridgehead atoms. The number of hydrogen-bond acceptors (Lipinski definition) is 2. The van der Waals surface area contributed by atoms with Crippen molar-refractivity contribution in [2.24, 2.45) is 0 Å². The van der Waals surface area contributed by atoms with Crippen molar-refractivity contribution in [2.75, 3.05) is 0 Å². The van der Waals surface area contributed by atoms with Crippen molar-refractivity contribution in [1.82, 2.24) is 14.5 Å². The second-order valence-electron chi connectivity index (χ2n) is 6.09. The van der Waals surface area contributed by atoms with Crippen LogP contribution in [0.5, 0.6) is 0 Å². The first-order chi connectivity index (χ1) is 9.44. The van der Waals surface area contributed by atoms with E-state index in [-0.39, 0.29) is 11.1 Å². The van der Waals surface area contributed by atoms with Crippen molar-refractivity contribution in [3.63, 3.8) is 0 Å². The van der Waals surface area contributed by atoms with Crippen molar-refractivity contribution >= 4 is 0 Å². The van der Waals surface area contributed by atoms with Crippen LogP contribution in [0, 0.1) is 0 Å². The van der Waals surface area contributed by atoms with Crippen LogP contribution in [0.4, 0.5) is 0 Å². The van der Waals surface area contributed by atoms with E-state index in [2.05, 4.69) is 49.1 Å². The van der Waals surface area contributed by atoms with Crippen LogP contribution < -0.4 is 10.9 Å². The third-order valence-electron chi connectivity index (χ3n) is 3.13. The highest BCUT2D eigenvalue weighted by Crippen LogP contribution is 2.05. The molecule has 2 aromatic heterocycles. The second kappa shape index (κ2) is 6.09. The first kappa shape index (κ1) is 14.6. The number of aromatic nitrogens is 2. The fourth-order valence-electron chi connectivity index (χ4n) is 1.97. The minimum absolute atomic E-state index is 0.0503. The van der Waals surface area contributed by atoms with Crippen LogP contribution in [-0.4, -0.2) is 14.7 Å². The monoisotopic (exact) mass is 273 g/mol. The molecule has 0 aliphatic heterocycles. The lowest BCUT2D eigenvalue weighted by Gasteiger charge is -2.19. The minimum Gasteiger partial charge on any atom is -0.352 e. The second-order valence-corrected chi connectivity index (χ2v) is 6.09. The normalized spacial score (nSPS) is 11.8. The third kappa shape index (κ3) is 4.38. The summed E-state index contributed by atoms with van der Waals surface area (Å²) in [5.41, 5.74) is 1.44. The molecule has 0 fully saturated rings. The van der Waals surface area contributed by atoms with Gasteiger partial charge >= 0.3 is 0 Å². The van der Waals surface area contributed by atoms with Crippen LogP contribution in [0.1, 0.15) is 26.3 Å². The molecular weight excluding hydrogens is 250 g/mol. The maximum absolute atomic E-state index is 11.6. The molecule has 0 amide bonds. The molecule has 0 unspecified atom stereocenters. The lowest BCUT2D eigenvalue weighted by Crippen LogP contribution is -2.34. The van der Waals surface area contributed by atoms with E-state index < -0.39 is 0 Å². The molecular formula is C16H23N3O. The number of pyridine rings is 1. The van der Waals surface area contributed by atoms with E-state index in [9.17, 15) is 4.79 Å². The first-order valence-corrected chi connectivity index (χ1v) is 6.99. The Kier molecular flexibility index (Phi) is 4.45. The van der Waals surface area contributed by atoms with Gasteiger partial charge in [0.15, 0.2) is 0 Å². The van der Waals surface area contributed by atoms with Gasteiger partial charge in [-0.05, 0) is 38.5 Å². The van der Waals surface area contributed by atoms with Gasteiger partial charge in [0.25, 0.3) is 5.56 Å². The molecule has 0 saturated carbocycles. The summed E-state index contributed by atoms with van der Waals surface area (Å²) in [5.74, 6) is 0. The zero-order valence-corrected chi connectivity index (χ0v) is 12.5. The summed E-state index contributed by atoms with van der Waals surface area (Å²) in [5, 5.41) is 3.47. The molecule has 0 aliphatic rings. The van der Waals surface area contributed by atoms with Crippen LogP contribution in [0.3, 0.4) is 0 Å². The fourth-order valence-corrected chi connectivity index (χ4v) is 1.97. The minimum atomic E-state index is 0.0503. The van der Waals surface area contributed by atoms with E-state index >= 15 is 0 Å². The van der Waals surface area contributed by atoms with E-state index in [4.69, 9.17) is 0 Å². The molecule has 2 heterocycles. The summed E-state index contributed by atoms with van der Waals surface area (Å²) in [7, 11) is 0. The molecule has 0 aromatic carbocycles. The highest BCUT2D eigenvalue weighted by molar-refractivity contribution is 5.10. The summed E-state index contributed by atoms with van der Waals surface area (Å²) in [6.45, 7) is 8.84. The smallest absolute Gasteiger partial charge is 0.250 e. The van der Waals surface area contributed by atoms with Crippen LogP contribution in [-0.2, 0) is 19.6 Å². The molecule has 2 aromatic rings. The quantitative estimate of drug-likeness (QED) is 0.907. The Morgan fingerprint density at radius 3 is 2.60 bits per heavy atom. The van der Waals surface area contributed by atoms with Gasteiger partial charge in [-0.15, -0.1) is 0 Å². The first-order valence-electron chi connectivity index (χ1n) is 6.99. The Morgan fingerprint density at radius 1 is 1.10 bits per heavy atom. The SMILES string of the molecule is CC(C)(C)NCc1ccn(CCn2ccccc2=O)c1. The number of nitrogens with zero attached hydrogens (tertiary/aromatic N) is 2. The summed E-state index contributed by atoms with van der Waals surface area (Å²) < 4.78 is 3.85. The summed E-state index contributed by atoms with van der Waals surface area (Å²) in [4.78, 5) is 11.6. The van der Waals surface area contributed by atoms with E-state index in [1.807, 2.05) is 12.3 Å². The van der Waals surface area contributed by atoms with Gasteiger partial charge in [0.1, 0.15) is 0 Å². The lowest BCUT2D eigenvalue weighted by atomic mass is 10.1. The van der Waals surface area contributed by atoms with Gasteiger partial charge in [-0.3, -0.25) is 4.79 Å². The van der Waals surface area contributed by atoms with Crippen LogP contribution >= 0.6 is 0 Å².